The molecule has 0 aliphatic heterocycles. The lowest BCUT2D eigenvalue weighted by atomic mass is 10.1. The number of hydrogen-bond donors (Lipinski definition) is 0. The fourth-order valence-corrected chi connectivity index (χ4v) is 1.24. The van der Waals surface area contributed by atoms with E-state index in [1.54, 1.807) is 6.08 Å². The number of allylic oxidation sites excluding steroid dienone is 3. The van der Waals surface area contributed by atoms with E-state index >= 15 is 0 Å². The molecule has 0 heterocycles. The maximum Gasteiger partial charge on any atom is 0.163 e. The molecule has 1 aromatic carbocycles. The topological polar surface area (TPSA) is 34.1 Å². The van der Waals surface area contributed by atoms with Crippen LogP contribution in [0.3, 0.4) is 0 Å². The highest BCUT2D eigenvalue weighted by Gasteiger charge is 2.01. The average Bonchev–Trinajstić information content (AvgIpc) is 2.30. The number of rotatable bonds is 6. The Labute approximate surface area is 95.3 Å². The van der Waals surface area contributed by atoms with E-state index in [0.717, 1.165) is 5.56 Å². The van der Waals surface area contributed by atoms with Gasteiger partial charge in [0.15, 0.2) is 11.6 Å². The average molecular weight is 214 g/mol. The SMILES string of the molecule is C=CC(=O)CC(=O)C=CCc1ccccc1. The van der Waals surface area contributed by atoms with Crippen molar-refractivity contribution in [1.82, 2.24) is 0 Å². The third-order valence-corrected chi connectivity index (χ3v) is 2.08. The molecule has 0 saturated carbocycles. The summed E-state index contributed by atoms with van der Waals surface area (Å²) in [6.45, 7) is 3.32. The molecule has 1 rings (SSSR count). The van der Waals surface area contributed by atoms with Gasteiger partial charge in [0.2, 0.25) is 0 Å². The fourth-order valence-electron chi connectivity index (χ4n) is 1.24. The van der Waals surface area contributed by atoms with E-state index < -0.39 is 0 Å². The van der Waals surface area contributed by atoms with Crippen LogP contribution in [0.1, 0.15) is 12.0 Å². The van der Waals surface area contributed by atoms with Crippen molar-refractivity contribution in [1.29, 1.82) is 0 Å². The molecule has 0 saturated heterocycles. The highest BCUT2D eigenvalue weighted by molar-refractivity contribution is 6.08. The molecule has 82 valence electrons. The van der Waals surface area contributed by atoms with Gasteiger partial charge in [-0.15, -0.1) is 0 Å². The second-order valence-electron chi connectivity index (χ2n) is 3.41. The van der Waals surface area contributed by atoms with E-state index in [-0.39, 0.29) is 18.0 Å². The van der Waals surface area contributed by atoms with Crippen LogP contribution in [0.4, 0.5) is 0 Å². The predicted molar refractivity (Wildman–Crippen MR) is 64.1 cm³/mol. The first kappa shape index (κ1) is 12.1. The minimum atomic E-state index is -0.241. The summed E-state index contributed by atoms with van der Waals surface area (Å²) in [5.74, 6) is -0.421. The van der Waals surface area contributed by atoms with Crippen molar-refractivity contribution in [3.63, 3.8) is 0 Å². The van der Waals surface area contributed by atoms with Gasteiger partial charge in [0.25, 0.3) is 0 Å². The molecule has 0 radical (unpaired) electrons. The van der Waals surface area contributed by atoms with Crippen molar-refractivity contribution < 1.29 is 9.59 Å². The second-order valence-corrected chi connectivity index (χ2v) is 3.41. The van der Waals surface area contributed by atoms with Crippen LogP contribution in [0.15, 0.2) is 55.1 Å². The Morgan fingerprint density at radius 2 is 1.81 bits per heavy atom. The zero-order chi connectivity index (χ0) is 11.8. The Kier molecular flexibility index (Phi) is 4.93. The highest BCUT2D eigenvalue weighted by Crippen LogP contribution is 2.00. The van der Waals surface area contributed by atoms with Crippen molar-refractivity contribution in [2.75, 3.05) is 0 Å². The monoisotopic (exact) mass is 214 g/mol. The number of carbonyl (C=O) groups excluding carboxylic acids is 2. The van der Waals surface area contributed by atoms with Crippen LogP contribution in [-0.2, 0) is 16.0 Å². The van der Waals surface area contributed by atoms with Gasteiger partial charge in [0, 0.05) is 0 Å². The molecule has 1 aromatic rings. The lowest BCUT2D eigenvalue weighted by Gasteiger charge is -1.94. The van der Waals surface area contributed by atoms with Crippen molar-refractivity contribution in [3.8, 4) is 0 Å². The zero-order valence-electron chi connectivity index (χ0n) is 9.06. The predicted octanol–water partition coefficient (Wildman–Crippen LogP) is 2.50. The van der Waals surface area contributed by atoms with Gasteiger partial charge in [-0.25, -0.2) is 0 Å². The van der Waals surface area contributed by atoms with Crippen LogP contribution in [0.2, 0.25) is 0 Å². The Balaban J connectivity index is 2.40. The minimum Gasteiger partial charge on any atom is -0.294 e. The number of carbonyl (C=O) groups is 2. The summed E-state index contributed by atoms with van der Waals surface area (Å²) < 4.78 is 0. The Morgan fingerprint density at radius 1 is 1.12 bits per heavy atom. The molecule has 0 bridgehead atoms. The summed E-state index contributed by atoms with van der Waals surface area (Å²) in [7, 11) is 0. The molecular formula is C14H14O2. The van der Waals surface area contributed by atoms with E-state index in [1.807, 2.05) is 30.3 Å². The normalized spacial score (nSPS) is 10.2. The smallest absolute Gasteiger partial charge is 0.163 e. The fraction of sp³-hybridized carbons (Fsp3) is 0.143. The van der Waals surface area contributed by atoms with Crippen LogP contribution in [-0.4, -0.2) is 11.6 Å². The molecule has 16 heavy (non-hydrogen) atoms. The standard InChI is InChI=1S/C14H14O2/c1-2-13(15)11-14(16)10-6-9-12-7-4-3-5-8-12/h2-8,10H,1,9,11H2. The van der Waals surface area contributed by atoms with Gasteiger partial charge in [-0.3, -0.25) is 9.59 Å². The van der Waals surface area contributed by atoms with Crippen LogP contribution >= 0.6 is 0 Å². The van der Waals surface area contributed by atoms with Crippen molar-refractivity contribution >= 4 is 11.6 Å². The molecule has 0 fully saturated rings. The molecule has 0 aliphatic rings. The van der Waals surface area contributed by atoms with Crippen molar-refractivity contribution in [2.24, 2.45) is 0 Å². The number of benzene rings is 1. The molecule has 0 atom stereocenters. The minimum absolute atomic E-state index is 0.0885. The quantitative estimate of drug-likeness (QED) is 0.538. The van der Waals surface area contributed by atoms with Crippen LogP contribution < -0.4 is 0 Å². The van der Waals surface area contributed by atoms with E-state index in [9.17, 15) is 9.59 Å². The van der Waals surface area contributed by atoms with E-state index in [0.29, 0.717) is 6.42 Å². The van der Waals surface area contributed by atoms with Crippen molar-refractivity contribution in [3.05, 3.63) is 60.7 Å². The highest BCUT2D eigenvalue weighted by atomic mass is 16.1. The Bertz CT molecular complexity index is 402. The summed E-state index contributed by atoms with van der Waals surface area (Å²) in [6, 6.07) is 9.83. The zero-order valence-corrected chi connectivity index (χ0v) is 9.06. The van der Waals surface area contributed by atoms with Crippen LogP contribution in [0, 0.1) is 0 Å². The van der Waals surface area contributed by atoms with Gasteiger partial charge in [-0.05, 0) is 24.1 Å². The summed E-state index contributed by atoms with van der Waals surface area (Å²) in [5, 5.41) is 0. The first-order chi connectivity index (χ1) is 7.72. The Hall–Kier alpha value is -1.96. The van der Waals surface area contributed by atoms with Gasteiger partial charge < -0.3 is 0 Å². The van der Waals surface area contributed by atoms with Gasteiger partial charge in [-0.2, -0.15) is 0 Å². The summed E-state index contributed by atoms with van der Waals surface area (Å²) >= 11 is 0. The first-order valence-electron chi connectivity index (χ1n) is 5.11. The van der Waals surface area contributed by atoms with Crippen molar-refractivity contribution in [2.45, 2.75) is 12.8 Å². The van der Waals surface area contributed by atoms with Gasteiger partial charge >= 0.3 is 0 Å². The lowest BCUT2D eigenvalue weighted by Crippen LogP contribution is -2.01. The van der Waals surface area contributed by atoms with Crippen LogP contribution in [0.5, 0.6) is 0 Å². The molecule has 2 heteroatoms. The molecule has 0 spiro atoms. The second kappa shape index (κ2) is 6.51. The molecule has 0 aromatic heterocycles. The third-order valence-electron chi connectivity index (χ3n) is 2.08. The number of hydrogen-bond acceptors (Lipinski definition) is 2. The maximum atomic E-state index is 11.2. The number of ketones is 2. The molecule has 0 amide bonds. The van der Waals surface area contributed by atoms with Gasteiger partial charge in [-0.1, -0.05) is 43.0 Å². The molecular weight excluding hydrogens is 200 g/mol. The molecule has 2 nitrogen and oxygen atoms in total. The molecule has 0 N–H and O–H groups in total. The summed E-state index contributed by atoms with van der Waals surface area (Å²) in [5.41, 5.74) is 1.14. The Morgan fingerprint density at radius 3 is 2.44 bits per heavy atom. The van der Waals surface area contributed by atoms with Crippen LogP contribution in [0.25, 0.3) is 0 Å². The van der Waals surface area contributed by atoms with E-state index in [4.69, 9.17) is 0 Å². The lowest BCUT2D eigenvalue weighted by molar-refractivity contribution is -0.121. The van der Waals surface area contributed by atoms with Gasteiger partial charge in [0.1, 0.15) is 0 Å². The van der Waals surface area contributed by atoms with Gasteiger partial charge in [0.05, 0.1) is 6.42 Å². The van der Waals surface area contributed by atoms with E-state index in [1.165, 1.54) is 12.2 Å². The van der Waals surface area contributed by atoms with E-state index in [2.05, 4.69) is 6.58 Å². The maximum absolute atomic E-state index is 11.2. The summed E-state index contributed by atoms with van der Waals surface area (Å²) in [6.07, 6.45) is 5.01. The molecule has 0 unspecified atom stereocenters. The summed E-state index contributed by atoms with van der Waals surface area (Å²) in [4.78, 5) is 22.1. The largest absolute Gasteiger partial charge is 0.294 e. The molecule has 0 aliphatic carbocycles. The first-order valence-corrected chi connectivity index (χ1v) is 5.11. The third kappa shape index (κ3) is 4.51.